The molecule has 1 aliphatic rings. The molecule has 1 amide bonds. The van der Waals surface area contributed by atoms with Gasteiger partial charge in [0.15, 0.2) is 0 Å². The molecule has 1 atom stereocenters. The molecular formula is C21H25NO2. The standard InChI is InChI=1S/C21H25NO2/c1-16-6-3-4-7-19(16)20-8-5-15-22(20)21(23)14-11-17-9-12-18(24-2)13-10-17/h3-4,6-7,9-10,12-13,20H,5,8,11,14-15H2,1-2H3. The molecule has 126 valence electrons. The molecule has 1 aliphatic heterocycles. The minimum absolute atomic E-state index is 0.245. The zero-order chi connectivity index (χ0) is 16.9. The highest BCUT2D eigenvalue weighted by Gasteiger charge is 2.30. The molecule has 24 heavy (non-hydrogen) atoms. The predicted octanol–water partition coefficient (Wildman–Crippen LogP) is 4.30. The number of amides is 1. The highest BCUT2D eigenvalue weighted by atomic mass is 16.5. The quantitative estimate of drug-likeness (QED) is 0.821. The molecule has 3 rings (SSSR count). The van der Waals surface area contributed by atoms with Gasteiger partial charge in [0.1, 0.15) is 5.75 Å². The van der Waals surface area contributed by atoms with Crippen molar-refractivity contribution in [3.05, 3.63) is 65.2 Å². The van der Waals surface area contributed by atoms with Gasteiger partial charge >= 0.3 is 0 Å². The van der Waals surface area contributed by atoms with Gasteiger partial charge in [-0.3, -0.25) is 4.79 Å². The van der Waals surface area contributed by atoms with E-state index in [1.165, 1.54) is 16.7 Å². The fourth-order valence-electron chi connectivity index (χ4n) is 3.54. The summed E-state index contributed by atoms with van der Waals surface area (Å²) < 4.78 is 5.18. The molecule has 2 aromatic rings. The van der Waals surface area contributed by atoms with Crippen LogP contribution in [0.1, 0.15) is 42.0 Å². The zero-order valence-corrected chi connectivity index (χ0v) is 14.5. The van der Waals surface area contributed by atoms with Crippen LogP contribution in [0.25, 0.3) is 0 Å². The van der Waals surface area contributed by atoms with Gasteiger partial charge in [0.05, 0.1) is 13.2 Å². The number of carbonyl (C=O) groups is 1. The van der Waals surface area contributed by atoms with Gasteiger partial charge in [-0.25, -0.2) is 0 Å². The van der Waals surface area contributed by atoms with Crippen LogP contribution >= 0.6 is 0 Å². The number of ether oxygens (including phenoxy) is 1. The summed E-state index contributed by atoms with van der Waals surface area (Å²) in [6.07, 6.45) is 3.50. The molecule has 0 aromatic heterocycles. The minimum atomic E-state index is 0.245. The van der Waals surface area contributed by atoms with Crippen LogP contribution in [-0.4, -0.2) is 24.5 Å². The van der Waals surface area contributed by atoms with Gasteiger partial charge in [-0.05, 0) is 55.0 Å². The maximum atomic E-state index is 12.7. The van der Waals surface area contributed by atoms with Gasteiger partial charge < -0.3 is 9.64 Å². The van der Waals surface area contributed by atoms with E-state index in [0.29, 0.717) is 6.42 Å². The third-order valence-electron chi connectivity index (χ3n) is 4.91. The first-order chi connectivity index (χ1) is 11.7. The molecule has 3 nitrogen and oxygen atoms in total. The molecule has 0 spiro atoms. The van der Waals surface area contributed by atoms with Crippen molar-refractivity contribution in [2.75, 3.05) is 13.7 Å². The number of carbonyl (C=O) groups excluding carboxylic acids is 1. The van der Waals surface area contributed by atoms with Crippen LogP contribution in [0.15, 0.2) is 48.5 Å². The highest BCUT2D eigenvalue weighted by Crippen LogP contribution is 2.34. The Morgan fingerprint density at radius 2 is 1.92 bits per heavy atom. The lowest BCUT2D eigenvalue weighted by Gasteiger charge is -2.26. The van der Waals surface area contributed by atoms with E-state index in [9.17, 15) is 4.79 Å². The molecule has 1 saturated heterocycles. The van der Waals surface area contributed by atoms with E-state index in [1.54, 1.807) is 7.11 Å². The zero-order valence-electron chi connectivity index (χ0n) is 14.5. The molecule has 0 N–H and O–H groups in total. The summed E-state index contributed by atoms with van der Waals surface area (Å²) in [7, 11) is 1.66. The van der Waals surface area contributed by atoms with Crippen molar-refractivity contribution >= 4 is 5.91 Å². The van der Waals surface area contributed by atoms with Gasteiger partial charge in [-0.2, -0.15) is 0 Å². The predicted molar refractivity (Wildman–Crippen MR) is 96.2 cm³/mol. The molecule has 1 fully saturated rings. The smallest absolute Gasteiger partial charge is 0.223 e. The third kappa shape index (κ3) is 3.61. The fourth-order valence-corrected chi connectivity index (χ4v) is 3.54. The first-order valence-electron chi connectivity index (χ1n) is 8.67. The number of hydrogen-bond acceptors (Lipinski definition) is 2. The second-order valence-corrected chi connectivity index (χ2v) is 6.45. The van der Waals surface area contributed by atoms with Crippen molar-refractivity contribution in [2.24, 2.45) is 0 Å². The largest absolute Gasteiger partial charge is 0.497 e. The number of hydrogen-bond donors (Lipinski definition) is 0. The van der Waals surface area contributed by atoms with Crippen LogP contribution in [0.2, 0.25) is 0 Å². The molecule has 0 bridgehead atoms. The SMILES string of the molecule is COc1ccc(CCC(=O)N2CCCC2c2ccccc2C)cc1. The molecule has 0 aliphatic carbocycles. The van der Waals surface area contributed by atoms with Crippen molar-refractivity contribution in [1.29, 1.82) is 0 Å². The third-order valence-corrected chi connectivity index (χ3v) is 4.91. The van der Waals surface area contributed by atoms with Crippen LogP contribution in [-0.2, 0) is 11.2 Å². The van der Waals surface area contributed by atoms with Gasteiger partial charge in [0.25, 0.3) is 0 Å². The first-order valence-corrected chi connectivity index (χ1v) is 8.67. The Balaban J connectivity index is 1.64. The lowest BCUT2D eigenvalue weighted by Crippen LogP contribution is -2.31. The number of aryl methyl sites for hydroxylation is 2. The molecule has 1 unspecified atom stereocenters. The van der Waals surface area contributed by atoms with E-state index in [0.717, 1.165) is 31.6 Å². The van der Waals surface area contributed by atoms with Gasteiger partial charge in [-0.1, -0.05) is 36.4 Å². The summed E-state index contributed by atoms with van der Waals surface area (Å²) in [6.45, 7) is 3.01. The average Bonchev–Trinajstić information content (AvgIpc) is 3.10. The second-order valence-electron chi connectivity index (χ2n) is 6.45. The summed E-state index contributed by atoms with van der Waals surface area (Å²) >= 11 is 0. The van der Waals surface area contributed by atoms with Gasteiger partial charge in [0.2, 0.25) is 5.91 Å². The maximum Gasteiger partial charge on any atom is 0.223 e. The first kappa shape index (κ1) is 16.6. The monoisotopic (exact) mass is 323 g/mol. The summed E-state index contributed by atoms with van der Waals surface area (Å²) in [5, 5.41) is 0. The summed E-state index contributed by atoms with van der Waals surface area (Å²) in [4.78, 5) is 14.8. The van der Waals surface area contributed by atoms with Crippen LogP contribution in [0.4, 0.5) is 0 Å². The minimum Gasteiger partial charge on any atom is -0.497 e. The van der Waals surface area contributed by atoms with E-state index in [1.807, 2.05) is 24.3 Å². The van der Waals surface area contributed by atoms with Crippen LogP contribution < -0.4 is 4.74 Å². The average molecular weight is 323 g/mol. The highest BCUT2D eigenvalue weighted by molar-refractivity contribution is 5.77. The number of nitrogens with zero attached hydrogens (tertiary/aromatic N) is 1. The number of likely N-dealkylation sites (tertiary alicyclic amines) is 1. The van der Waals surface area contributed by atoms with E-state index in [-0.39, 0.29) is 11.9 Å². The Morgan fingerprint density at radius 1 is 1.17 bits per heavy atom. The fraction of sp³-hybridized carbons (Fsp3) is 0.381. The van der Waals surface area contributed by atoms with E-state index >= 15 is 0 Å². The van der Waals surface area contributed by atoms with E-state index in [4.69, 9.17) is 4.74 Å². The van der Waals surface area contributed by atoms with Crippen molar-refractivity contribution in [1.82, 2.24) is 4.90 Å². The molecule has 0 saturated carbocycles. The topological polar surface area (TPSA) is 29.5 Å². The Hall–Kier alpha value is -2.29. The number of benzene rings is 2. The van der Waals surface area contributed by atoms with Crippen molar-refractivity contribution in [2.45, 2.75) is 38.6 Å². The Kier molecular flexibility index (Phi) is 5.19. The van der Waals surface area contributed by atoms with Crippen LogP contribution in [0.5, 0.6) is 5.75 Å². The van der Waals surface area contributed by atoms with Gasteiger partial charge in [-0.15, -0.1) is 0 Å². The van der Waals surface area contributed by atoms with Crippen molar-refractivity contribution < 1.29 is 9.53 Å². The van der Waals surface area contributed by atoms with Crippen LogP contribution in [0.3, 0.4) is 0 Å². The summed E-state index contributed by atoms with van der Waals surface area (Å²) in [5.74, 6) is 1.11. The Bertz CT molecular complexity index is 693. The molecule has 3 heteroatoms. The number of rotatable bonds is 5. The van der Waals surface area contributed by atoms with E-state index < -0.39 is 0 Å². The van der Waals surface area contributed by atoms with E-state index in [2.05, 4.69) is 36.1 Å². The van der Waals surface area contributed by atoms with Crippen LogP contribution in [0, 0.1) is 6.92 Å². The summed E-state index contributed by atoms with van der Waals surface area (Å²) in [6, 6.07) is 16.6. The summed E-state index contributed by atoms with van der Waals surface area (Å²) in [5.41, 5.74) is 3.75. The Labute approximate surface area is 144 Å². The lowest BCUT2D eigenvalue weighted by molar-refractivity contribution is -0.132. The van der Waals surface area contributed by atoms with Crippen molar-refractivity contribution in [3.8, 4) is 5.75 Å². The lowest BCUT2D eigenvalue weighted by atomic mass is 9.99. The molecule has 2 aromatic carbocycles. The Morgan fingerprint density at radius 3 is 2.62 bits per heavy atom. The van der Waals surface area contributed by atoms with Gasteiger partial charge in [0, 0.05) is 13.0 Å². The molecule has 0 radical (unpaired) electrons. The molecular weight excluding hydrogens is 298 g/mol. The second kappa shape index (κ2) is 7.52. The maximum absolute atomic E-state index is 12.7. The molecule has 1 heterocycles. The van der Waals surface area contributed by atoms with Crippen molar-refractivity contribution in [3.63, 3.8) is 0 Å². The normalized spacial score (nSPS) is 17.1. The number of methoxy groups -OCH3 is 1.